The summed E-state index contributed by atoms with van der Waals surface area (Å²) in [4.78, 5) is 73.0. The zero-order chi connectivity index (χ0) is 77.4. The van der Waals surface area contributed by atoms with Gasteiger partial charge < -0.3 is 33.8 Å². The van der Waals surface area contributed by atoms with E-state index in [1.807, 2.05) is 24.3 Å². The zero-order valence-electron chi connectivity index (χ0n) is 65.0. The highest BCUT2D eigenvalue weighted by molar-refractivity contribution is 7.47. The number of carbonyl (C=O) groups excluding carboxylic acids is 4. The number of esters is 4. The van der Waals surface area contributed by atoms with Gasteiger partial charge in [0.15, 0.2) is 12.2 Å². The van der Waals surface area contributed by atoms with Gasteiger partial charge in [0.1, 0.15) is 19.3 Å². The van der Waals surface area contributed by atoms with Gasteiger partial charge in [-0.2, -0.15) is 0 Å². The summed E-state index contributed by atoms with van der Waals surface area (Å²) in [6.07, 6.45) is 95.5. The highest BCUT2D eigenvalue weighted by Crippen LogP contribution is 2.45. The Bertz CT molecular complexity index is 2830. The molecule has 596 valence electrons. The first-order valence-electron chi connectivity index (χ1n) is 39.3. The fourth-order valence-corrected chi connectivity index (χ4v) is 10.9. The van der Waals surface area contributed by atoms with Crippen molar-refractivity contribution in [3.8, 4) is 0 Å². The van der Waals surface area contributed by atoms with Crippen LogP contribution >= 0.6 is 15.6 Å². The average molecular weight is 1520 g/mol. The number of rotatable bonds is 71. The number of carbonyl (C=O) groups is 4. The van der Waals surface area contributed by atoms with Crippen molar-refractivity contribution in [1.29, 1.82) is 0 Å². The van der Waals surface area contributed by atoms with E-state index in [1.54, 1.807) is 0 Å². The fraction of sp³-hybridized carbons (Fsp3) is 0.563. The maximum atomic E-state index is 13.1. The lowest BCUT2D eigenvalue weighted by Crippen LogP contribution is -2.30. The van der Waals surface area contributed by atoms with Gasteiger partial charge in [-0.05, 0) is 173 Å². The summed E-state index contributed by atoms with van der Waals surface area (Å²) >= 11 is 0. The Balaban J connectivity index is 5.51. The first kappa shape index (κ1) is 99.6. The molecule has 19 heteroatoms. The molecule has 17 nitrogen and oxygen atoms in total. The van der Waals surface area contributed by atoms with Crippen molar-refractivity contribution in [2.24, 2.45) is 0 Å². The summed E-state index contributed by atoms with van der Waals surface area (Å²) in [7, 11) is -10.0. The molecule has 0 aromatic heterocycles. The van der Waals surface area contributed by atoms with Gasteiger partial charge in [-0.1, -0.05) is 266 Å². The van der Waals surface area contributed by atoms with Crippen LogP contribution in [-0.2, 0) is 65.4 Å². The molecule has 0 saturated carbocycles. The van der Waals surface area contributed by atoms with Crippen LogP contribution in [0.1, 0.15) is 259 Å². The predicted octanol–water partition coefficient (Wildman–Crippen LogP) is 23.1. The molecule has 0 spiro atoms. The van der Waals surface area contributed by atoms with Crippen molar-refractivity contribution in [2.45, 2.75) is 277 Å². The van der Waals surface area contributed by atoms with Gasteiger partial charge in [0, 0.05) is 25.7 Å². The van der Waals surface area contributed by atoms with E-state index in [4.69, 9.17) is 37.0 Å². The summed E-state index contributed by atoms with van der Waals surface area (Å²) in [6, 6.07) is 0. The molecule has 0 bridgehead atoms. The second-order valence-electron chi connectivity index (χ2n) is 25.1. The van der Waals surface area contributed by atoms with Gasteiger partial charge in [0.05, 0.1) is 26.4 Å². The molecule has 5 atom stereocenters. The van der Waals surface area contributed by atoms with Crippen LogP contribution in [0.25, 0.3) is 0 Å². The third kappa shape index (κ3) is 75.9. The molecule has 106 heavy (non-hydrogen) atoms. The van der Waals surface area contributed by atoms with E-state index in [-0.39, 0.29) is 25.7 Å². The van der Waals surface area contributed by atoms with E-state index >= 15 is 0 Å². The lowest BCUT2D eigenvalue weighted by molar-refractivity contribution is -0.161. The molecular weight excluding hydrogens is 1380 g/mol. The van der Waals surface area contributed by atoms with Crippen molar-refractivity contribution >= 4 is 39.5 Å². The molecule has 0 aliphatic rings. The maximum absolute atomic E-state index is 13.1. The predicted molar refractivity (Wildman–Crippen MR) is 435 cm³/mol. The first-order chi connectivity index (χ1) is 51.7. The largest absolute Gasteiger partial charge is 0.472 e. The molecule has 0 fully saturated rings. The Kier molecular flexibility index (Phi) is 72.2. The van der Waals surface area contributed by atoms with Crippen LogP contribution < -0.4 is 0 Å². The number of hydrogen-bond acceptors (Lipinski definition) is 15. The molecule has 3 N–H and O–H groups in total. The average Bonchev–Trinajstić information content (AvgIpc) is 0.933. The van der Waals surface area contributed by atoms with Gasteiger partial charge >= 0.3 is 39.5 Å². The standard InChI is InChI=1S/C87H136O17P2/c1-5-9-13-17-21-25-29-33-36-38-40-42-45-48-51-55-59-63-67-71-84(89)97-77-82(103-86(91)73-69-65-61-57-53-47-32-28-24-20-16-12-8-4)79-101-105(93,94)99-75-81(88)76-100-106(95,96)102-80-83(104-87(92)74-70-66-62-58-54-50-44-35-31-27-23-19-15-11-7-3)78-98-85(90)72-68-64-60-56-52-49-46-43-41-39-37-34-30-26-22-18-14-10-6-2/h9-11,13-16,20-23,25-28,32-37,40-44,48-49,51-52,54,58,60,64,81-83,88H,5-8,12,17-19,24,29-31,38-39,45-47,50,53,55-57,59,61-63,65-80H2,1-4H3,(H,93,94)(H,95,96)/b13-9-,14-10-,15-11-,20-16-,25-21-,26-22-,27-23-,32-28-,36-33-,37-34-,42-40-,43-41-,44-35-,51-48-,52-49-,58-54-,64-60-. The Labute approximate surface area is 639 Å². The van der Waals surface area contributed by atoms with E-state index < -0.39 is 97.5 Å². The molecule has 0 rings (SSSR count). The van der Waals surface area contributed by atoms with Crippen LogP contribution in [0.5, 0.6) is 0 Å². The van der Waals surface area contributed by atoms with Crippen LogP contribution in [0.15, 0.2) is 207 Å². The van der Waals surface area contributed by atoms with Crippen molar-refractivity contribution in [2.75, 3.05) is 39.6 Å². The normalized spacial score (nSPS) is 15.0. The second kappa shape index (κ2) is 76.8. The molecule has 0 aliphatic carbocycles. The molecule has 0 aliphatic heterocycles. The zero-order valence-corrected chi connectivity index (χ0v) is 66.8. The number of phosphoric ester groups is 2. The van der Waals surface area contributed by atoms with Gasteiger partial charge in [0.25, 0.3) is 0 Å². The summed E-state index contributed by atoms with van der Waals surface area (Å²) in [5.41, 5.74) is 0. The molecule has 0 heterocycles. The summed E-state index contributed by atoms with van der Waals surface area (Å²) in [6.45, 7) is 4.23. The van der Waals surface area contributed by atoms with Crippen LogP contribution in [0.4, 0.5) is 0 Å². The Morgan fingerprint density at radius 1 is 0.274 bits per heavy atom. The van der Waals surface area contributed by atoms with E-state index in [9.17, 15) is 43.2 Å². The first-order valence-corrected chi connectivity index (χ1v) is 42.3. The Hall–Kier alpha value is -6.36. The topological polar surface area (TPSA) is 237 Å². The Morgan fingerprint density at radius 2 is 0.509 bits per heavy atom. The van der Waals surface area contributed by atoms with Crippen LogP contribution in [0.2, 0.25) is 0 Å². The lowest BCUT2D eigenvalue weighted by Gasteiger charge is -2.21. The maximum Gasteiger partial charge on any atom is 0.472 e. The number of allylic oxidation sites excluding steroid dienone is 34. The quantitative estimate of drug-likeness (QED) is 0.0169. The van der Waals surface area contributed by atoms with Gasteiger partial charge in [-0.25, -0.2) is 9.13 Å². The number of aliphatic hydroxyl groups excluding tert-OH is 1. The molecule has 0 saturated heterocycles. The monoisotopic (exact) mass is 1510 g/mol. The van der Waals surface area contributed by atoms with E-state index in [2.05, 4.69) is 210 Å². The van der Waals surface area contributed by atoms with Crippen molar-refractivity contribution in [3.63, 3.8) is 0 Å². The smallest absolute Gasteiger partial charge is 0.462 e. The summed E-state index contributed by atoms with van der Waals surface area (Å²) < 4.78 is 68.4. The molecule has 0 aromatic carbocycles. The highest BCUT2D eigenvalue weighted by atomic mass is 31.2. The minimum atomic E-state index is -5.02. The third-order valence-electron chi connectivity index (χ3n) is 15.2. The SMILES string of the molecule is CC/C=C\C/C=C\C/C=C\C/C=C\C/C=C\C/C=C\CCC(=O)OCC(COP(=O)(O)OCC(O)COP(=O)(O)OCC(COC(=O)CCCCC/C=C\C/C=C\C/C=C\C/C=C\C/C=C\CC)OC(=O)CCCCCCC/C=C\C/C=C\CCC)OC(=O)CCCC/C=C\C/C=C\C/C=C\C/C=C\CC. The van der Waals surface area contributed by atoms with E-state index in [1.165, 1.54) is 0 Å². The van der Waals surface area contributed by atoms with Gasteiger partial charge in [-0.15, -0.1) is 0 Å². The highest BCUT2D eigenvalue weighted by Gasteiger charge is 2.30. The number of unbranched alkanes of at least 4 members (excludes halogenated alkanes) is 11. The summed E-state index contributed by atoms with van der Waals surface area (Å²) in [5, 5.41) is 10.6. The van der Waals surface area contributed by atoms with Crippen molar-refractivity contribution in [3.05, 3.63) is 207 Å². The van der Waals surface area contributed by atoms with Gasteiger partial charge in [0.2, 0.25) is 0 Å². The van der Waals surface area contributed by atoms with Crippen LogP contribution in [0.3, 0.4) is 0 Å². The third-order valence-corrected chi connectivity index (χ3v) is 17.1. The number of hydrogen-bond donors (Lipinski definition) is 3. The number of ether oxygens (including phenoxy) is 4. The molecule has 0 amide bonds. The minimum Gasteiger partial charge on any atom is -0.462 e. The molecule has 0 aromatic rings. The molecule has 5 unspecified atom stereocenters. The van der Waals surface area contributed by atoms with E-state index in [0.29, 0.717) is 38.5 Å². The van der Waals surface area contributed by atoms with Crippen molar-refractivity contribution in [1.82, 2.24) is 0 Å². The van der Waals surface area contributed by atoms with Crippen LogP contribution in [-0.4, -0.2) is 96.7 Å². The molecular formula is C87H136O17P2. The number of phosphoric acid groups is 2. The summed E-state index contributed by atoms with van der Waals surface area (Å²) in [5.74, 6) is -2.40. The lowest BCUT2D eigenvalue weighted by atomic mass is 10.1. The van der Waals surface area contributed by atoms with Crippen molar-refractivity contribution < 1.29 is 80.2 Å². The number of aliphatic hydroxyl groups is 1. The fourth-order valence-electron chi connectivity index (χ4n) is 9.36. The van der Waals surface area contributed by atoms with Gasteiger partial charge in [-0.3, -0.25) is 37.3 Å². The minimum absolute atomic E-state index is 0.0169. The molecule has 0 radical (unpaired) electrons. The van der Waals surface area contributed by atoms with Crippen LogP contribution in [0, 0.1) is 0 Å². The van der Waals surface area contributed by atoms with E-state index in [0.717, 1.165) is 167 Å². The second-order valence-corrected chi connectivity index (χ2v) is 28.1. The Morgan fingerprint density at radius 3 is 0.840 bits per heavy atom.